The van der Waals surface area contributed by atoms with Crippen LogP contribution in [0.2, 0.25) is 0 Å². The summed E-state index contributed by atoms with van der Waals surface area (Å²) < 4.78 is 12.5. The number of aromatic nitrogens is 1. The number of hydrogen-bond acceptors (Lipinski definition) is 7. The highest BCUT2D eigenvalue weighted by molar-refractivity contribution is 5.95. The third-order valence-corrected chi connectivity index (χ3v) is 7.49. The molecule has 0 radical (unpaired) electrons. The molecule has 3 heterocycles. The van der Waals surface area contributed by atoms with Gasteiger partial charge in [-0.05, 0) is 80.9 Å². The zero-order valence-electron chi connectivity index (χ0n) is 21.9. The molecule has 2 amide bonds. The SMILES string of the molecule is Cc1c(CN(C)C(=O)/C=C/c2cnc3c(c2)CC[C@H](N)C(=O)N3)oc2cccc(OC3CCC(N)CC3)c12. The summed E-state index contributed by atoms with van der Waals surface area (Å²) >= 11 is 0. The zero-order valence-corrected chi connectivity index (χ0v) is 21.9. The number of hydrogen-bond donors (Lipinski definition) is 3. The van der Waals surface area contributed by atoms with E-state index in [1.165, 1.54) is 6.08 Å². The maximum atomic E-state index is 12.9. The van der Waals surface area contributed by atoms with Gasteiger partial charge in [0.05, 0.1) is 24.1 Å². The summed E-state index contributed by atoms with van der Waals surface area (Å²) in [6, 6.07) is 7.49. The molecule has 0 saturated heterocycles. The molecule has 5 rings (SSSR count). The molecule has 0 bridgehead atoms. The van der Waals surface area contributed by atoms with E-state index in [9.17, 15) is 9.59 Å². The highest BCUT2D eigenvalue weighted by Gasteiger charge is 2.23. The predicted molar refractivity (Wildman–Crippen MR) is 146 cm³/mol. The number of anilines is 1. The van der Waals surface area contributed by atoms with Crippen LogP contribution in [0, 0.1) is 6.92 Å². The van der Waals surface area contributed by atoms with Crippen LogP contribution >= 0.6 is 0 Å². The van der Waals surface area contributed by atoms with Crippen LogP contribution in [-0.4, -0.2) is 46.9 Å². The van der Waals surface area contributed by atoms with Crippen LogP contribution < -0.4 is 21.5 Å². The summed E-state index contributed by atoms with van der Waals surface area (Å²) in [5, 5.41) is 3.71. The van der Waals surface area contributed by atoms with Gasteiger partial charge in [0.2, 0.25) is 11.8 Å². The van der Waals surface area contributed by atoms with Crippen LogP contribution in [0.3, 0.4) is 0 Å². The maximum absolute atomic E-state index is 12.9. The molecule has 2 aromatic heterocycles. The Morgan fingerprint density at radius 2 is 2.03 bits per heavy atom. The van der Waals surface area contributed by atoms with Crippen molar-refractivity contribution in [2.24, 2.45) is 11.5 Å². The van der Waals surface area contributed by atoms with Crippen LogP contribution in [0.4, 0.5) is 5.82 Å². The number of likely N-dealkylation sites (N-methyl/N-ethyl adjacent to an activating group) is 1. The summed E-state index contributed by atoms with van der Waals surface area (Å²) in [6.07, 6.45) is 10.1. The quantitative estimate of drug-likeness (QED) is 0.424. The maximum Gasteiger partial charge on any atom is 0.246 e. The smallest absolute Gasteiger partial charge is 0.246 e. The van der Waals surface area contributed by atoms with Gasteiger partial charge in [0.1, 0.15) is 22.9 Å². The Hall–Kier alpha value is -3.69. The van der Waals surface area contributed by atoms with E-state index in [1.807, 2.05) is 31.2 Å². The minimum Gasteiger partial charge on any atom is -0.490 e. The van der Waals surface area contributed by atoms with Gasteiger partial charge in [0.25, 0.3) is 0 Å². The Kier molecular flexibility index (Phi) is 7.49. The molecule has 1 saturated carbocycles. The molecule has 1 fully saturated rings. The van der Waals surface area contributed by atoms with Gasteiger partial charge in [-0.2, -0.15) is 0 Å². The van der Waals surface area contributed by atoms with Crippen molar-refractivity contribution in [2.45, 2.75) is 70.2 Å². The number of carbonyl (C=O) groups is 2. The Labute approximate surface area is 222 Å². The summed E-state index contributed by atoms with van der Waals surface area (Å²) in [5.41, 5.74) is 15.3. The number of nitrogens with zero attached hydrogens (tertiary/aromatic N) is 2. The Balaban J connectivity index is 1.26. The fourth-order valence-electron chi connectivity index (χ4n) is 5.11. The van der Waals surface area contributed by atoms with Crippen molar-refractivity contribution >= 4 is 34.7 Å². The number of amides is 2. The lowest BCUT2D eigenvalue weighted by Gasteiger charge is -2.27. The fraction of sp³-hybridized carbons (Fsp3) is 0.414. The van der Waals surface area contributed by atoms with Gasteiger partial charge in [0.15, 0.2) is 0 Å². The Morgan fingerprint density at radius 1 is 1.24 bits per heavy atom. The van der Waals surface area contributed by atoms with Crippen molar-refractivity contribution in [2.75, 3.05) is 12.4 Å². The van der Waals surface area contributed by atoms with Crippen molar-refractivity contribution in [3.63, 3.8) is 0 Å². The number of nitrogens with two attached hydrogens (primary N) is 2. The molecule has 1 aromatic carbocycles. The van der Waals surface area contributed by atoms with Crippen LogP contribution in [0.25, 0.3) is 17.0 Å². The summed E-state index contributed by atoms with van der Waals surface area (Å²) in [4.78, 5) is 30.8. The van der Waals surface area contributed by atoms with Crippen LogP contribution in [0.15, 0.2) is 41.0 Å². The third kappa shape index (κ3) is 5.58. The van der Waals surface area contributed by atoms with Gasteiger partial charge in [-0.3, -0.25) is 9.59 Å². The molecule has 0 spiro atoms. The number of nitrogens with one attached hydrogen (secondary N) is 1. The van der Waals surface area contributed by atoms with Gasteiger partial charge in [-0.25, -0.2) is 4.98 Å². The minimum absolute atomic E-state index is 0.156. The first-order valence-corrected chi connectivity index (χ1v) is 13.2. The summed E-state index contributed by atoms with van der Waals surface area (Å²) in [7, 11) is 1.74. The average Bonchev–Trinajstić information content (AvgIpc) is 3.15. The highest BCUT2D eigenvalue weighted by atomic mass is 16.5. The van der Waals surface area contributed by atoms with Gasteiger partial charge in [0, 0.05) is 30.9 Å². The predicted octanol–water partition coefficient (Wildman–Crippen LogP) is 3.67. The van der Waals surface area contributed by atoms with E-state index in [0.29, 0.717) is 25.2 Å². The second-order valence-electron chi connectivity index (χ2n) is 10.4. The lowest BCUT2D eigenvalue weighted by atomic mass is 9.93. The molecule has 1 aliphatic carbocycles. The van der Waals surface area contributed by atoms with Gasteiger partial charge >= 0.3 is 0 Å². The normalized spacial score (nSPS) is 21.7. The topological polar surface area (TPSA) is 137 Å². The second kappa shape index (κ2) is 11.0. The Bertz CT molecular complexity index is 1370. The summed E-state index contributed by atoms with van der Waals surface area (Å²) in [6.45, 7) is 2.33. The van der Waals surface area contributed by atoms with Crippen molar-refractivity contribution < 1.29 is 18.7 Å². The number of rotatable bonds is 6. The van der Waals surface area contributed by atoms with Gasteiger partial charge in [-0.1, -0.05) is 6.07 Å². The number of fused-ring (bicyclic) bond motifs is 2. The fourth-order valence-corrected chi connectivity index (χ4v) is 5.11. The number of pyridine rings is 1. The number of carbonyl (C=O) groups excluding carboxylic acids is 2. The minimum atomic E-state index is -0.547. The molecule has 1 atom stereocenters. The van der Waals surface area contributed by atoms with E-state index in [-0.39, 0.29) is 24.0 Å². The molecule has 9 nitrogen and oxygen atoms in total. The molecule has 5 N–H and O–H groups in total. The molecule has 3 aromatic rings. The van der Waals surface area contributed by atoms with Crippen molar-refractivity contribution in [3.05, 3.63) is 59.0 Å². The molecule has 2 aliphatic rings. The summed E-state index contributed by atoms with van der Waals surface area (Å²) in [5.74, 6) is 1.68. The van der Waals surface area contributed by atoms with Gasteiger partial charge < -0.3 is 30.8 Å². The first-order valence-electron chi connectivity index (χ1n) is 13.2. The molecule has 38 heavy (non-hydrogen) atoms. The average molecular weight is 518 g/mol. The Morgan fingerprint density at radius 3 is 2.82 bits per heavy atom. The number of benzene rings is 1. The van der Waals surface area contributed by atoms with Crippen molar-refractivity contribution in [1.29, 1.82) is 0 Å². The molecular weight excluding hydrogens is 482 g/mol. The van der Waals surface area contributed by atoms with Crippen molar-refractivity contribution in [1.82, 2.24) is 9.88 Å². The molecule has 200 valence electrons. The second-order valence-corrected chi connectivity index (χ2v) is 10.4. The number of furan rings is 1. The van der Waals surface area contributed by atoms with Crippen LogP contribution in [0.1, 0.15) is 54.6 Å². The van der Waals surface area contributed by atoms with Crippen molar-refractivity contribution in [3.8, 4) is 5.75 Å². The van der Waals surface area contributed by atoms with E-state index in [0.717, 1.165) is 64.9 Å². The first-order chi connectivity index (χ1) is 18.3. The third-order valence-electron chi connectivity index (χ3n) is 7.49. The standard InChI is InChI=1S/C29H35N5O4/c1-17-25(38-24-5-3-4-23(27(17)24)37-21-10-8-20(30)9-11-21)16-34(2)26(35)13-6-18-14-19-7-12-22(31)29(36)33-28(19)32-15-18/h3-6,13-15,20-22H,7-12,16,30-31H2,1-2H3,(H,32,33,36)/b13-6+/t20?,21?,22-/m0/s1. The number of ether oxygens (including phenoxy) is 1. The molecular formula is C29H35N5O4. The molecule has 9 heteroatoms. The largest absolute Gasteiger partial charge is 0.490 e. The zero-order chi connectivity index (χ0) is 26.8. The van der Waals surface area contributed by atoms with E-state index < -0.39 is 6.04 Å². The molecule has 1 aliphatic heterocycles. The van der Waals surface area contributed by atoms with E-state index >= 15 is 0 Å². The van der Waals surface area contributed by atoms with Crippen LogP contribution in [-0.2, 0) is 22.6 Å². The lowest BCUT2D eigenvalue weighted by molar-refractivity contribution is -0.125. The van der Waals surface area contributed by atoms with E-state index in [1.54, 1.807) is 24.2 Å². The first kappa shape index (κ1) is 25.9. The lowest BCUT2D eigenvalue weighted by Crippen LogP contribution is -2.34. The highest BCUT2D eigenvalue weighted by Crippen LogP contribution is 2.35. The number of aryl methyl sites for hydroxylation is 2. The van der Waals surface area contributed by atoms with E-state index in [4.69, 9.17) is 20.6 Å². The molecule has 0 unspecified atom stereocenters. The van der Waals surface area contributed by atoms with Crippen LogP contribution in [0.5, 0.6) is 5.75 Å². The monoisotopic (exact) mass is 517 g/mol. The van der Waals surface area contributed by atoms with Gasteiger partial charge in [-0.15, -0.1) is 0 Å². The van der Waals surface area contributed by atoms with E-state index in [2.05, 4.69) is 10.3 Å².